The van der Waals surface area contributed by atoms with E-state index in [2.05, 4.69) is 52.6 Å². The van der Waals surface area contributed by atoms with Crippen LogP contribution < -0.4 is 4.90 Å². The van der Waals surface area contributed by atoms with Gasteiger partial charge in [-0.1, -0.05) is 13.3 Å². The van der Waals surface area contributed by atoms with Crippen LogP contribution in [0.2, 0.25) is 0 Å². The van der Waals surface area contributed by atoms with Gasteiger partial charge < -0.3 is 14.4 Å². The molecular weight excluding hydrogens is 336 g/mol. The summed E-state index contributed by atoms with van der Waals surface area (Å²) < 4.78 is 2.35. The van der Waals surface area contributed by atoms with Gasteiger partial charge in [-0.05, 0) is 53.2 Å². The molecule has 3 rings (SSSR count). The van der Waals surface area contributed by atoms with Crippen LogP contribution in [0.5, 0.6) is 0 Å². The Labute approximate surface area is 163 Å². The van der Waals surface area contributed by atoms with Crippen LogP contribution in [0.3, 0.4) is 0 Å². The number of imidazole rings is 1. The molecule has 0 saturated carbocycles. The maximum Gasteiger partial charge on any atom is 0.132 e. The Bertz CT molecular complexity index is 723. The standard InChI is InChI=1S/C21H34N6/c1-5-8-19-15-20(24-17(2)23-19)27-12-6-9-18(16-27)21-22-10-14-26(21)13-7-11-25(3)4/h10,14-15,18H,5-9,11-13,16H2,1-4H3. The molecule has 1 fully saturated rings. The highest BCUT2D eigenvalue weighted by atomic mass is 15.2. The molecular formula is C21H34N6. The van der Waals surface area contributed by atoms with Crippen LogP contribution in [0.4, 0.5) is 5.82 Å². The molecule has 0 bridgehead atoms. The number of aromatic nitrogens is 4. The minimum Gasteiger partial charge on any atom is -0.356 e. The zero-order valence-corrected chi connectivity index (χ0v) is 17.4. The van der Waals surface area contributed by atoms with Crippen molar-refractivity contribution in [1.82, 2.24) is 24.4 Å². The molecule has 148 valence electrons. The van der Waals surface area contributed by atoms with Gasteiger partial charge >= 0.3 is 0 Å². The number of rotatable bonds is 8. The first kappa shape index (κ1) is 19.8. The molecule has 0 spiro atoms. The van der Waals surface area contributed by atoms with Gasteiger partial charge in [-0.2, -0.15) is 0 Å². The number of aryl methyl sites for hydroxylation is 3. The van der Waals surface area contributed by atoms with Gasteiger partial charge in [0.05, 0.1) is 0 Å². The Hall–Kier alpha value is -1.95. The van der Waals surface area contributed by atoms with Crippen molar-refractivity contribution in [3.8, 4) is 0 Å². The van der Waals surface area contributed by atoms with Gasteiger partial charge in [-0.3, -0.25) is 0 Å². The molecule has 0 N–H and O–H groups in total. The Morgan fingerprint density at radius 1 is 1.26 bits per heavy atom. The predicted octanol–water partition coefficient (Wildman–Crippen LogP) is 3.27. The first-order chi connectivity index (χ1) is 13.1. The lowest BCUT2D eigenvalue weighted by molar-refractivity contribution is 0.380. The summed E-state index contributed by atoms with van der Waals surface area (Å²) in [5.41, 5.74) is 1.16. The van der Waals surface area contributed by atoms with Crippen LogP contribution in [0.15, 0.2) is 18.5 Å². The van der Waals surface area contributed by atoms with Gasteiger partial charge in [0.25, 0.3) is 0 Å². The molecule has 1 aliphatic rings. The van der Waals surface area contributed by atoms with E-state index in [9.17, 15) is 0 Å². The van der Waals surface area contributed by atoms with Crippen molar-refractivity contribution < 1.29 is 0 Å². The summed E-state index contributed by atoms with van der Waals surface area (Å²) in [6, 6.07) is 2.18. The fourth-order valence-electron chi connectivity index (χ4n) is 3.98. The summed E-state index contributed by atoms with van der Waals surface area (Å²) in [5.74, 6) is 3.67. The van der Waals surface area contributed by atoms with Crippen LogP contribution in [0.1, 0.15) is 55.9 Å². The maximum absolute atomic E-state index is 4.73. The Kier molecular flexibility index (Phi) is 6.83. The van der Waals surface area contributed by atoms with Crippen LogP contribution in [-0.4, -0.2) is 58.1 Å². The SMILES string of the molecule is CCCc1cc(N2CCCC(c3nccn3CCCN(C)C)C2)nc(C)n1. The van der Waals surface area contributed by atoms with Crippen LogP contribution in [0, 0.1) is 6.92 Å². The molecule has 1 aliphatic heterocycles. The fraction of sp³-hybridized carbons (Fsp3) is 0.667. The normalized spacial score (nSPS) is 17.7. The van der Waals surface area contributed by atoms with E-state index < -0.39 is 0 Å². The average molecular weight is 371 g/mol. The highest BCUT2D eigenvalue weighted by Gasteiger charge is 2.25. The number of anilines is 1. The molecule has 27 heavy (non-hydrogen) atoms. The van der Waals surface area contributed by atoms with Crippen molar-refractivity contribution in [2.45, 2.75) is 58.4 Å². The van der Waals surface area contributed by atoms with Crippen molar-refractivity contribution in [2.24, 2.45) is 0 Å². The van der Waals surface area contributed by atoms with E-state index in [1.165, 1.54) is 18.7 Å². The van der Waals surface area contributed by atoms with Crippen LogP contribution in [0.25, 0.3) is 0 Å². The second-order valence-corrected chi connectivity index (χ2v) is 7.94. The van der Waals surface area contributed by atoms with E-state index in [-0.39, 0.29) is 0 Å². The molecule has 6 heteroatoms. The summed E-state index contributed by atoms with van der Waals surface area (Å²) in [5, 5.41) is 0. The third kappa shape index (κ3) is 5.28. The lowest BCUT2D eigenvalue weighted by Crippen LogP contribution is -2.36. The average Bonchev–Trinajstić information content (AvgIpc) is 3.10. The monoisotopic (exact) mass is 370 g/mol. The second-order valence-electron chi connectivity index (χ2n) is 7.94. The predicted molar refractivity (Wildman–Crippen MR) is 110 cm³/mol. The van der Waals surface area contributed by atoms with Crippen molar-refractivity contribution >= 4 is 5.82 Å². The van der Waals surface area contributed by atoms with Crippen LogP contribution >= 0.6 is 0 Å². The van der Waals surface area contributed by atoms with E-state index in [0.717, 1.165) is 62.8 Å². The van der Waals surface area contributed by atoms with Gasteiger partial charge in [-0.25, -0.2) is 15.0 Å². The van der Waals surface area contributed by atoms with E-state index in [1.54, 1.807) is 0 Å². The minimum atomic E-state index is 0.470. The summed E-state index contributed by atoms with van der Waals surface area (Å²) >= 11 is 0. The fourth-order valence-corrected chi connectivity index (χ4v) is 3.98. The molecule has 0 amide bonds. The number of hydrogen-bond donors (Lipinski definition) is 0. The van der Waals surface area contributed by atoms with Gasteiger partial charge in [0.1, 0.15) is 17.5 Å². The van der Waals surface area contributed by atoms with Gasteiger partial charge in [-0.15, -0.1) is 0 Å². The maximum atomic E-state index is 4.73. The third-order valence-corrected chi connectivity index (χ3v) is 5.25. The Balaban J connectivity index is 1.71. The molecule has 1 atom stereocenters. The molecule has 6 nitrogen and oxygen atoms in total. The second kappa shape index (κ2) is 9.31. The lowest BCUT2D eigenvalue weighted by atomic mass is 9.97. The zero-order chi connectivity index (χ0) is 19.2. The van der Waals surface area contributed by atoms with E-state index in [1.807, 2.05) is 13.1 Å². The Morgan fingerprint density at radius 3 is 2.89 bits per heavy atom. The summed E-state index contributed by atoms with van der Waals surface area (Å²) in [4.78, 5) is 18.7. The molecule has 0 aliphatic carbocycles. The molecule has 2 aromatic heterocycles. The molecule has 1 saturated heterocycles. The van der Waals surface area contributed by atoms with E-state index in [4.69, 9.17) is 9.97 Å². The topological polar surface area (TPSA) is 50.1 Å². The van der Waals surface area contributed by atoms with E-state index in [0.29, 0.717) is 5.92 Å². The number of piperidine rings is 1. The molecule has 0 aromatic carbocycles. The molecule has 2 aromatic rings. The summed E-state index contributed by atoms with van der Waals surface area (Å²) in [6.45, 7) is 8.41. The first-order valence-electron chi connectivity index (χ1n) is 10.3. The highest BCUT2D eigenvalue weighted by molar-refractivity contribution is 5.41. The quantitative estimate of drug-likeness (QED) is 0.714. The summed E-state index contributed by atoms with van der Waals surface area (Å²) in [7, 11) is 4.26. The smallest absolute Gasteiger partial charge is 0.132 e. The largest absolute Gasteiger partial charge is 0.356 e. The molecule has 1 unspecified atom stereocenters. The molecule has 3 heterocycles. The van der Waals surface area contributed by atoms with Crippen molar-refractivity contribution in [1.29, 1.82) is 0 Å². The van der Waals surface area contributed by atoms with Crippen molar-refractivity contribution in [3.63, 3.8) is 0 Å². The lowest BCUT2D eigenvalue weighted by Gasteiger charge is -2.33. The minimum absolute atomic E-state index is 0.470. The molecule has 0 radical (unpaired) electrons. The summed E-state index contributed by atoms with van der Waals surface area (Å²) in [6.07, 6.45) is 9.76. The van der Waals surface area contributed by atoms with Gasteiger partial charge in [0, 0.05) is 49.7 Å². The number of hydrogen-bond acceptors (Lipinski definition) is 5. The van der Waals surface area contributed by atoms with Crippen molar-refractivity contribution in [3.05, 3.63) is 35.8 Å². The van der Waals surface area contributed by atoms with Crippen LogP contribution in [-0.2, 0) is 13.0 Å². The van der Waals surface area contributed by atoms with E-state index >= 15 is 0 Å². The zero-order valence-electron chi connectivity index (χ0n) is 17.4. The van der Waals surface area contributed by atoms with Gasteiger partial charge in [0.2, 0.25) is 0 Å². The Morgan fingerprint density at radius 2 is 2.11 bits per heavy atom. The first-order valence-corrected chi connectivity index (χ1v) is 10.3. The third-order valence-electron chi connectivity index (χ3n) is 5.25. The van der Waals surface area contributed by atoms with Gasteiger partial charge in [0.15, 0.2) is 0 Å². The number of nitrogens with zero attached hydrogens (tertiary/aromatic N) is 6. The van der Waals surface area contributed by atoms with Crippen molar-refractivity contribution in [2.75, 3.05) is 38.6 Å². The highest BCUT2D eigenvalue weighted by Crippen LogP contribution is 2.29.